The van der Waals surface area contributed by atoms with Gasteiger partial charge in [0.1, 0.15) is 34.2 Å². The summed E-state index contributed by atoms with van der Waals surface area (Å²) in [6, 6.07) is 3.76. The normalized spacial score (nSPS) is 11.4. The average molecular weight is 391 g/mol. The van der Waals surface area contributed by atoms with Gasteiger partial charge in [-0.15, -0.1) is 5.10 Å². The van der Waals surface area contributed by atoms with Crippen molar-refractivity contribution < 1.29 is 22.3 Å². The molecule has 0 aliphatic heterocycles. The van der Waals surface area contributed by atoms with Crippen LogP contribution in [-0.4, -0.2) is 31.9 Å². The standard InChI is InChI=1S/C18H13F4N5O/c1-8-15(16-11(20)6-10(28-3)7-12(16)21)18(26(2)24-8)27-17-13(22)4-9(19)5-14(17)23-25-27/h4-7H,1-3H3. The zero-order valence-electron chi connectivity index (χ0n) is 15.0. The van der Waals surface area contributed by atoms with Crippen molar-refractivity contribution in [2.75, 3.05) is 7.11 Å². The summed E-state index contributed by atoms with van der Waals surface area (Å²) in [5.74, 6) is -3.41. The lowest BCUT2D eigenvalue weighted by Crippen LogP contribution is -2.07. The highest BCUT2D eigenvalue weighted by atomic mass is 19.1. The van der Waals surface area contributed by atoms with E-state index in [1.54, 1.807) is 6.92 Å². The third kappa shape index (κ3) is 2.60. The van der Waals surface area contributed by atoms with Gasteiger partial charge in [0.25, 0.3) is 0 Å². The number of methoxy groups -OCH3 is 1. The molecule has 0 aliphatic rings. The van der Waals surface area contributed by atoms with E-state index in [0.29, 0.717) is 6.07 Å². The Balaban J connectivity index is 2.06. The number of ether oxygens (including phenoxy) is 1. The summed E-state index contributed by atoms with van der Waals surface area (Å²) in [6.07, 6.45) is 0. The number of fused-ring (bicyclic) bond motifs is 1. The molecule has 4 rings (SSSR count). The van der Waals surface area contributed by atoms with Crippen LogP contribution in [0.1, 0.15) is 5.69 Å². The maximum atomic E-state index is 14.7. The predicted octanol–water partition coefficient (Wildman–Crippen LogP) is 3.69. The number of aryl methyl sites for hydroxylation is 2. The molecule has 0 saturated carbocycles. The minimum Gasteiger partial charge on any atom is -0.497 e. The summed E-state index contributed by atoms with van der Waals surface area (Å²) in [6.45, 7) is 1.55. The second-order valence-corrected chi connectivity index (χ2v) is 6.13. The third-order valence-electron chi connectivity index (χ3n) is 4.36. The average Bonchev–Trinajstić information content (AvgIpc) is 3.15. The molecule has 0 saturated heterocycles. The fourth-order valence-electron chi connectivity index (χ4n) is 3.21. The molecule has 0 spiro atoms. The molecule has 2 heterocycles. The number of rotatable bonds is 3. The van der Waals surface area contributed by atoms with Crippen LogP contribution in [0.4, 0.5) is 17.6 Å². The molecule has 0 N–H and O–H groups in total. The molecule has 2 aromatic carbocycles. The number of benzene rings is 2. The Morgan fingerprint density at radius 1 is 0.929 bits per heavy atom. The molecule has 0 atom stereocenters. The smallest absolute Gasteiger partial charge is 0.162 e. The van der Waals surface area contributed by atoms with Crippen LogP contribution in [0.2, 0.25) is 0 Å². The van der Waals surface area contributed by atoms with Crippen LogP contribution in [0.25, 0.3) is 28.0 Å². The van der Waals surface area contributed by atoms with Gasteiger partial charge in [-0.3, -0.25) is 4.68 Å². The van der Waals surface area contributed by atoms with E-state index in [1.807, 2.05) is 0 Å². The van der Waals surface area contributed by atoms with Gasteiger partial charge in [0.15, 0.2) is 11.6 Å². The summed E-state index contributed by atoms with van der Waals surface area (Å²) < 4.78 is 64.5. The molecule has 0 bridgehead atoms. The first-order valence-electron chi connectivity index (χ1n) is 8.09. The van der Waals surface area contributed by atoms with Crippen LogP contribution >= 0.6 is 0 Å². The number of aromatic nitrogens is 5. The monoisotopic (exact) mass is 391 g/mol. The zero-order valence-corrected chi connectivity index (χ0v) is 15.0. The van der Waals surface area contributed by atoms with Crippen LogP contribution in [0.15, 0.2) is 24.3 Å². The van der Waals surface area contributed by atoms with Gasteiger partial charge in [-0.1, -0.05) is 5.21 Å². The second kappa shape index (κ2) is 6.32. The van der Waals surface area contributed by atoms with Crippen molar-refractivity contribution in [3.8, 4) is 22.7 Å². The van der Waals surface area contributed by atoms with Gasteiger partial charge in [0.05, 0.1) is 23.9 Å². The molecule has 6 nitrogen and oxygen atoms in total. The Bertz CT molecular complexity index is 1210. The number of halogens is 4. The van der Waals surface area contributed by atoms with Gasteiger partial charge in [0, 0.05) is 31.3 Å². The first kappa shape index (κ1) is 18.0. The van der Waals surface area contributed by atoms with Crippen LogP contribution in [0.3, 0.4) is 0 Å². The van der Waals surface area contributed by atoms with E-state index in [4.69, 9.17) is 4.74 Å². The van der Waals surface area contributed by atoms with Crippen LogP contribution in [0, 0.1) is 30.2 Å². The molecule has 28 heavy (non-hydrogen) atoms. The molecule has 0 fully saturated rings. The van der Waals surface area contributed by atoms with Crippen molar-refractivity contribution in [2.24, 2.45) is 7.05 Å². The molecule has 4 aromatic rings. The number of nitrogens with zero attached hydrogens (tertiary/aromatic N) is 5. The van der Waals surface area contributed by atoms with E-state index < -0.39 is 23.3 Å². The first-order valence-corrected chi connectivity index (χ1v) is 8.09. The fourth-order valence-corrected chi connectivity index (χ4v) is 3.21. The summed E-state index contributed by atoms with van der Waals surface area (Å²) >= 11 is 0. The van der Waals surface area contributed by atoms with Crippen molar-refractivity contribution in [1.82, 2.24) is 24.8 Å². The summed E-state index contributed by atoms with van der Waals surface area (Å²) in [5, 5.41) is 11.8. The minimum atomic E-state index is -0.916. The van der Waals surface area contributed by atoms with Gasteiger partial charge < -0.3 is 4.74 Å². The maximum Gasteiger partial charge on any atom is 0.162 e. The van der Waals surface area contributed by atoms with E-state index in [-0.39, 0.29) is 39.4 Å². The Morgan fingerprint density at radius 3 is 2.25 bits per heavy atom. The largest absolute Gasteiger partial charge is 0.497 e. The summed E-state index contributed by atoms with van der Waals surface area (Å²) in [5.41, 5.74) is -0.201. The van der Waals surface area contributed by atoms with Gasteiger partial charge in [-0.25, -0.2) is 17.6 Å². The van der Waals surface area contributed by atoms with E-state index in [2.05, 4.69) is 15.4 Å². The molecule has 144 valence electrons. The van der Waals surface area contributed by atoms with Crippen LogP contribution in [0.5, 0.6) is 5.75 Å². The topological polar surface area (TPSA) is 57.8 Å². The van der Waals surface area contributed by atoms with Crippen molar-refractivity contribution in [2.45, 2.75) is 6.92 Å². The molecule has 10 heteroatoms. The van der Waals surface area contributed by atoms with Crippen molar-refractivity contribution in [3.63, 3.8) is 0 Å². The Kier molecular flexibility index (Phi) is 4.06. The van der Waals surface area contributed by atoms with Crippen molar-refractivity contribution >= 4 is 11.0 Å². The lowest BCUT2D eigenvalue weighted by Gasteiger charge is -2.11. The molecular weight excluding hydrogens is 378 g/mol. The molecule has 0 radical (unpaired) electrons. The van der Waals surface area contributed by atoms with Crippen molar-refractivity contribution in [3.05, 3.63) is 53.2 Å². The SMILES string of the molecule is COc1cc(F)c(-c2c(C)nn(C)c2-n2nnc3cc(F)cc(F)c32)c(F)c1. The quantitative estimate of drug-likeness (QED) is 0.500. The van der Waals surface area contributed by atoms with Crippen molar-refractivity contribution in [1.29, 1.82) is 0 Å². The zero-order chi connectivity index (χ0) is 20.2. The molecule has 0 aliphatic carbocycles. The predicted molar refractivity (Wildman–Crippen MR) is 92.2 cm³/mol. The molecule has 0 unspecified atom stereocenters. The molecule has 0 amide bonds. The number of hydrogen-bond donors (Lipinski definition) is 0. The third-order valence-corrected chi connectivity index (χ3v) is 4.36. The Labute approximate surface area is 156 Å². The van der Waals surface area contributed by atoms with Gasteiger partial charge in [-0.05, 0) is 6.92 Å². The van der Waals surface area contributed by atoms with Gasteiger partial charge >= 0.3 is 0 Å². The van der Waals surface area contributed by atoms with Crippen LogP contribution in [-0.2, 0) is 7.05 Å². The summed E-state index contributed by atoms with van der Waals surface area (Å²) in [4.78, 5) is 0. The lowest BCUT2D eigenvalue weighted by atomic mass is 10.0. The minimum absolute atomic E-state index is 0.00886. The fraction of sp³-hybridized carbons (Fsp3) is 0.167. The highest BCUT2D eigenvalue weighted by Crippen LogP contribution is 2.36. The Hall–Kier alpha value is -3.43. The molecular formula is C18H13F4N5O. The highest BCUT2D eigenvalue weighted by molar-refractivity contribution is 5.81. The van der Waals surface area contributed by atoms with E-state index >= 15 is 0 Å². The summed E-state index contributed by atoms with van der Waals surface area (Å²) in [7, 11) is 2.80. The maximum absolute atomic E-state index is 14.7. The second-order valence-electron chi connectivity index (χ2n) is 6.13. The van der Waals surface area contributed by atoms with E-state index in [9.17, 15) is 17.6 Å². The lowest BCUT2D eigenvalue weighted by molar-refractivity contribution is 0.407. The first-order chi connectivity index (χ1) is 13.3. The number of hydrogen-bond acceptors (Lipinski definition) is 4. The van der Waals surface area contributed by atoms with E-state index in [0.717, 1.165) is 22.9 Å². The van der Waals surface area contributed by atoms with E-state index in [1.165, 1.54) is 18.8 Å². The van der Waals surface area contributed by atoms with Gasteiger partial charge in [0.2, 0.25) is 0 Å². The Morgan fingerprint density at radius 2 is 1.61 bits per heavy atom. The van der Waals surface area contributed by atoms with Crippen LogP contribution < -0.4 is 4.74 Å². The highest BCUT2D eigenvalue weighted by Gasteiger charge is 2.26. The molecule has 2 aromatic heterocycles. The van der Waals surface area contributed by atoms with Gasteiger partial charge in [-0.2, -0.15) is 9.78 Å².